The maximum atomic E-state index is 13.0. The lowest BCUT2D eigenvalue weighted by Gasteiger charge is -2.00. The highest BCUT2D eigenvalue weighted by Crippen LogP contribution is 2.05. The van der Waals surface area contributed by atoms with Crippen LogP contribution in [0.4, 0.5) is 4.39 Å². The highest BCUT2D eigenvalue weighted by Gasteiger charge is 2.10. The molecule has 1 rings (SSSR count). The van der Waals surface area contributed by atoms with E-state index < -0.39 is 11.8 Å². The molecule has 1 aromatic carbocycles. The molecule has 0 atom stereocenters. The number of benzene rings is 1. The Bertz CT molecular complexity index is 312. The predicted octanol–water partition coefficient (Wildman–Crippen LogP) is -0.129. The average Bonchev–Trinajstić information content (AvgIpc) is 2.03. The lowest BCUT2D eigenvalue weighted by molar-refractivity contribution is 0.0595. The first-order valence-electron chi connectivity index (χ1n) is 3.49. The minimum Gasteiger partial charge on any atom is -0.465 e. The third kappa shape index (κ3) is 1.64. The number of carbonyl (C=O) groups is 1. The van der Waals surface area contributed by atoms with Gasteiger partial charge in [0.15, 0.2) is 0 Å². The van der Waals surface area contributed by atoms with Crippen molar-refractivity contribution in [2.45, 2.75) is 0 Å². The molecule has 0 spiro atoms. The second-order valence-corrected chi connectivity index (χ2v) is 2.47. The minimum atomic E-state index is -0.646. The molecular formula is C8H8BFO2. The molecule has 0 bridgehead atoms. The number of hydrogen-bond donors (Lipinski definition) is 0. The normalized spacial score (nSPS) is 9.50. The number of methoxy groups -OCH3 is 1. The summed E-state index contributed by atoms with van der Waals surface area (Å²) in [5.41, 5.74) is 0.753. The van der Waals surface area contributed by atoms with Crippen molar-refractivity contribution in [1.29, 1.82) is 0 Å². The van der Waals surface area contributed by atoms with Crippen molar-refractivity contribution in [1.82, 2.24) is 0 Å². The fourth-order valence-electron chi connectivity index (χ4n) is 0.896. The summed E-state index contributed by atoms with van der Waals surface area (Å²) in [4.78, 5) is 10.9. The molecule has 0 fully saturated rings. The van der Waals surface area contributed by atoms with E-state index in [1.165, 1.54) is 19.2 Å². The molecule has 0 unspecified atom stereocenters. The Morgan fingerprint density at radius 2 is 2.25 bits per heavy atom. The van der Waals surface area contributed by atoms with E-state index in [2.05, 4.69) is 4.74 Å². The van der Waals surface area contributed by atoms with Crippen LogP contribution in [0.1, 0.15) is 10.4 Å². The van der Waals surface area contributed by atoms with Crippen molar-refractivity contribution in [3.05, 3.63) is 29.6 Å². The van der Waals surface area contributed by atoms with Crippen LogP contribution in [0.2, 0.25) is 0 Å². The Morgan fingerprint density at radius 3 is 2.75 bits per heavy atom. The quantitative estimate of drug-likeness (QED) is 0.429. The monoisotopic (exact) mass is 166 g/mol. The van der Waals surface area contributed by atoms with E-state index in [9.17, 15) is 9.18 Å². The van der Waals surface area contributed by atoms with Gasteiger partial charge in [-0.3, -0.25) is 0 Å². The summed E-state index contributed by atoms with van der Waals surface area (Å²) in [6, 6.07) is 4.37. The van der Waals surface area contributed by atoms with Crippen LogP contribution in [0.25, 0.3) is 0 Å². The first kappa shape index (κ1) is 8.78. The highest BCUT2D eigenvalue weighted by molar-refractivity contribution is 6.32. The third-order valence-corrected chi connectivity index (χ3v) is 1.53. The molecule has 0 aromatic heterocycles. The van der Waals surface area contributed by atoms with Crippen molar-refractivity contribution >= 4 is 19.3 Å². The second kappa shape index (κ2) is 3.39. The number of rotatable bonds is 1. The summed E-state index contributed by atoms with van der Waals surface area (Å²) in [6.45, 7) is 0. The van der Waals surface area contributed by atoms with Gasteiger partial charge in [0.05, 0.1) is 12.7 Å². The summed E-state index contributed by atoms with van der Waals surface area (Å²) in [5, 5.41) is 0. The molecule has 0 radical (unpaired) electrons. The van der Waals surface area contributed by atoms with Gasteiger partial charge in [0.1, 0.15) is 13.7 Å². The highest BCUT2D eigenvalue weighted by atomic mass is 19.1. The van der Waals surface area contributed by atoms with Crippen molar-refractivity contribution in [3.8, 4) is 0 Å². The van der Waals surface area contributed by atoms with Gasteiger partial charge in [0, 0.05) is 0 Å². The van der Waals surface area contributed by atoms with E-state index in [0.717, 1.165) is 5.46 Å². The van der Waals surface area contributed by atoms with Crippen molar-refractivity contribution in [2.24, 2.45) is 0 Å². The molecule has 0 aliphatic rings. The average molecular weight is 166 g/mol. The van der Waals surface area contributed by atoms with Gasteiger partial charge >= 0.3 is 5.97 Å². The minimum absolute atomic E-state index is 0.0249. The summed E-state index contributed by atoms with van der Waals surface area (Å²) in [5.74, 6) is -1.19. The number of esters is 1. The van der Waals surface area contributed by atoms with Crippen LogP contribution in [-0.2, 0) is 4.74 Å². The number of ether oxygens (including phenoxy) is 1. The Balaban J connectivity index is 3.09. The lowest BCUT2D eigenvalue weighted by Crippen LogP contribution is -2.09. The van der Waals surface area contributed by atoms with Crippen LogP contribution in [0.3, 0.4) is 0 Å². The Hall–Kier alpha value is -1.32. The zero-order valence-corrected chi connectivity index (χ0v) is 6.93. The summed E-state index contributed by atoms with van der Waals surface area (Å²) < 4.78 is 17.4. The topological polar surface area (TPSA) is 26.3 Å². The molecule has 0 heterocycles. The zero-order chi connectivity index (χ0) is 9.14. The molecule has 4 heteroatoms. The van der Waals surface area contributed by atoms with Crippen LogP contribution < -0.4 is 5.46 Å². The first-order valence-corrected chi connectivity index (χ1v) is 3.49. The summed E-state index contributed by atoms with van der Waals surface area (Å²) in [6.07, 6.45) is 0. The molecule has 0 saturated carbocycles. The van der Waals surface area contributed by atoms with E-state index >= 15 is 0 Å². The fourth-order valence-corrected chi connectivity index (χ4v) is 0.896. The molecule has 1 aromatic rings. The fraction of sp³-hybridized carbons (Fsp3) is 0.125. The molecule has 0 aliphatic carbocycles. The Morgan fingerprint density at radius 1 is 1.58 bits per heavy atom. The molecule has 0 aliphatic heterocycles. The van der Waals surface area contributed by atoms with Crippen molar-refractivity contribution in [3.63, 3.8) is 0 Å². The molecule has 12 heavy (non-hydrogen) atoms. The second-order valence-electron chi connectivity index (χ2n) is 2.47. The van der Waals surface area contributed by atoms with Gasteiger partial charge in [-0.05, 0) is 12.1 Å². The Labute approximate surface area is 70.8 Å². The van der Waals surface area contributed by atoms with Crippen LogP contribution in [0.5, 0.6) is 0 Å². The standard InChI is InChI=1S/C8H8BFO2/c1-12-8(11)6-3-2-5(9)4-7(6)10/h2-4H,9H2,1H3. The summed E-state index contributed by atoms with van der Waals surface area (Å²) in [7, 11) is 2.98. The number of hydrogen-bond acceptors (Lipinski definition) is 2. The molecular weight excluding hydrogens is 158 g/mol. The van der Waals surface area contributed by atoms with Gasteiger partial charge in [0.25, 0.3) is 0 Å². The number of halogens is 1. The molecule has 2 nitrogen and oxygen atoms in total. The maximum Gasteiger partial charge on any atom is 0.340 e. The van der Waals surface area contributed by atoms with Crippen molar-refractivity contribution in [2.75, 3.05) is 7.11 Å². The van der Waals surface area contributed by atoms with E-state index in [1.807, 2.05) is 0 Å². The molecule has 62 valence electrons. The number of carbonyl (C=O) groups excluding carboxylic acids is 1. The molecule has 0 amide bonds. The van der Waals surface area contributed by atoms with Gasteiger partial charge in [-0.25, -0.2) is 9.18 Å². The first-order chi connectivity index (χ1) is 5.65. The van der Waals surface area contributed by atoms with E-state index in [1.54, 1.807) is 13.9 Å². The van der Waals surface area contributed by atoms with Gasteiger partial charge < -0.3 is 4.74 Å². The maximum absolute atomic E-state index is 13.0. The van der Waals surface area contributed by atoms with Gasteiger partial charge in [0.2, 0.25) is 0 Å². The predicted molar refractivity (Wildman–Crippen MR) is 45.9 cm³/mol. The largest absolute Gasteiger partial charge is 0.465 e. The third-order valence-electron chi connectivity index (χ3n) is 1.53. The Kier molecular flexibility index (Phi) is 2.48. The van der Waals surface area contributed by atoms with E-state index in [0.29, 0.717) is 0 Å². The van der Waals surface area contributed by atoms with Crippen LogP contribution in [0.15, 0.2) is 18.2 Å². The van der Waals surface area contributed by atoms with Crippen LogP contribution >= 0.6 is 0 Å². The molecule has 0 saturated heterocycles. The van der Waals surface area contributed by atoms with Crippen LogP contribution in [-0.4, -0.2) is 20.9 Å². The van der Waals surface area contributed by atoms with Gasteiger partial charge in [-0.1, -0.05) is 11.5 Å². The van der Waals surface area contributed by atoms with Gasteiger partial charge in [-0.15, -0.1) is 0 Å². The van der Waals surface area contributed by atoms with Crippen LogP contribution in [0, 0.1) is 5.82 Å². The van der Waals surface area contributed by atoms with Gasteiger partial charge in [-0.2, -0.15) is 0 Å². The van der Waals surface area contributed by atoms with Crippen molar-refractivity contribution < 1.29 is 13.9 Å². The zero-order valence-electron chi connectivity index (χ0n) is 6.93. The van der Waals surface area contributed by atoms with E-state index in [4.69, 9.17) is 0 Å². The molecule has 0 N–H and O–H groups in total. The SMILES string of the molecule is Bc1ccc(C(=O)OC)c(F)c1. The smallest absolute Gasteiger partial charge is 0.340 e. The van der Waals surface area contributed by atoms with E-state index in [-0.39, 0.29) is 5.56 Å². The summed E-state index contributed by atoms with van der Waals surface area (Å²) >= 11 is 0. The lowest BCUT2D eigenvalue weighted by atomic mass is 9.95.